The number of carbonyl (C=O) groups is 1. The molecule has 1 aliphatic rings. The Balaban J connectivity index is 1.89. The molecule has 0 bridgehead atoms. The third-order valence-electron chi connectivity index (χ3n) is 3.82. The first-order chi connectivity index (χ1) is 11.6. The predicted molar refractivity (Wildman–Crippen MR) is 92.5 cm³/mol. The number of aromatic nitrogens is 1. The molecule has 132 valence electrons. The molecule has 24 heavy (non-hydrogen) atoms. The Morgan fingerprint density at radius 2 is 2.21 bits per heavy atom. The van der Waals surface area contributed by atoms with E-state index in [4.69, 9.17) is 4.52 Å². The molecule has 0 saturated carbocycles. The van der Waals surface area contributed by atoms with Gasteiger partial charge < -0.3 is 19.6 Å². The molecule has 0 spiro atoms. The lowest BCUT2D eigenvalue weighted by molar-refractivity contribution is -0.127. The monoisotopic (exact) mass is 334 g/mol. The van der Waals surface area contributed by atoms with Gasteiger partial charge in [-0.25, -0.2) is 4.99 Å². The van der Waals surface area contributed by atoms with Crippen molar-refractivity contribution in [1.29, 1.82) is 0 Å². The second-order valence-electron chi connectivity index (χ2n) is 5.85. The number of likely N-dealkylation sites (N-methyl/N-ethyl adjacent to an activating group) is 1. The Bertz CT molecular complexity index is 547. The number of amides is 1. The van der Waals surface area contributed by atoms with E-state index in [1.807, 2.05) is 6.07 Å². The summed E-state index contributed by atoms with van der Waals surface area (Å²) in [5.41, 5.74) is 0.943. The fourth-order valence-corrected chi connectivity index (χ4v) is 2.38. The molecule has 1 aliphatic heterocycles. The molecule has 1 aromatic heterocycles. The topological polar surface area (TPSA) is 77.2 Å². The van der Waals surface area contributed by atoms with Crippen LogP contribution in [-0.2, 0) is 11.3 Å². The van der Waals surface area contributed by atoms with Gasteiger partial charge in [-0.2, -0.15) is 0 Å². The molecule has 0 atom stereocenters. The van der Waals surface area contributed by atoms with Gasteiger partial charge in [-0.3, -0.25) is 9.69 Å². The molecule has 0 aliphatic carbocycles. The maximum atomic E-state index is 11.8. The highest BCUT2D eigenvalue weighted by Crippen LogP contribution is 2.07. The van der Waals surface area contributed by atoms with E-state index in [9.17, 15) is 4.79 Å². The van der Waals surface area contributed by atoms with Crippen LogP contribution in [0, 0.1) is 0 Å². The van der Waals surface area contributed by atoms with Crippen molar-refractivity contribution in [2.24, 2.45) is 4.99 Å². The summed E-state index contributed by atoms with van der Waals surface area (Å²) < 4.78 is 4.87. The van der Waals surface area contributed by atoms with Crippen molar-refractivity contribution >= 4 is 11.9 Å². The van der Waals surface area contributed by atoms with Gasteiger partial charge in [0.05, 0.1) is 5.69 Å². The van der Waals surface area contributed by atoms with Crippen molar-refractivity contribution in [1.82, 2.24) is 25.2 Å². The number of hydrogen-bond donors (Lipinski definition) is 1. The molecule has 8 heteroatoms. The van der Waals surface area contributed by atoms with Crippen LogP contribution in [0.2, 0.25) is 0 Å². The Morgan fingerprint density at radius 3 is 2.79 bits per heavy atom. The van der Waals surface area contributed by atoms with E-state index in [-0.39, 0.29) is 12.5 Å². The maximum Gasteiger partial charge on any atom is 0.243 e. The molecule has 8 nitrogen and oxygen atoms in total. The minimum absolute atomic E-state index is 0.0161. The molecule has 0 unspecified atom stereocenters. The second kappa shape index (κ2) is 9.07. The minimum atomic E-state index is -0.0161. The van der Waals surface area contributed by atoms with Gasteiger partial charge in [-0.1, -0.05) is 11.2 Å². The summed E-state index contributed by atoms with van der Waals surface area (Å²) in [5.74, 6) is 0.740. The van der Waals surface area contributed by atoms with E-state index in [1.165, 1.54) is 0 Å². The van der Waals surface area contributed by atoms with Crippen LogP contribution >= 0.6 is 0 Å². The third-order valence-corrected chi connectivity index (χ3v) is 3.82. The number of carbonyl (C=O) groups excluding carboxylic acids is 1. The smallest absolute Gasteiger partial charge is 0.243 e. The molecule has 1 amide bonds. The van der Waals surface area contributed by atoms with E-state index in [0.717, 1.165) is 44.4 Å². The van der Waals surface area contributed by atoms with Gasteiger partial charge >= 0.3 is 0 Å². The van der Waals surface area contributed by atoms with E-state index < -0.39 is 0 Å². The van der Waals surface area contributed by atoms with Gasteiger partial charge in [0.1, 0.15) is 12.8 Å². The number of aliphatic imine (C=N–C) groups is 1. The largest absolute Gasteiger partial charge is 0.364 e. The zero-order valence-electron chi connectivity index (χ0n) is 14.4. The normalized spacial score (nSPS) is 16.1. The van der Waals surface area contributed by atoms with Crippen molar-refractivity contribution in [3.8, 4) is 0 Å². The van der Waals surface area contributed by atoms with Crippen LogP contribution < -0.4 is 5.32 Å². The summed E-state index contributed by atoms with van der Waals surface area (Å²) in [5, 5.41) is 7.19. The molecule has 1 fully saturated rings. The summed E-state index contributed by atoms with van der Waals surface area (Å²) in [4.78, 5) is 22.3. The van der Waals surface area contributed by atoms with Crippen LogP contribution in [0.3, 0.4) is 0 Å². The van der Waals surface area contributed by atoms with Gasteiger partial charge in [0.15, 0.2) is 5.96 Å². The first kappa shape index (κ1) is 18.0. The van der Waals surface area contributed by atoms with Crippen LogP contribution in [0.5, 0.6) is 0 Å². The molecule has 0 aromatic carbocycles. The van der Waals surface area contributed by atoms with Crippen LogP contribution in [0.25, 0.3) is 0 Å². The zero-order valence-corrected chi connectivity index (χ0v) is 14.4. The molecule has 0 radical (unpaired) electrons. The van der Waals surface area contributed by atoms with E-state index in [0.29, 0.717) is 6.54 Å². The van der Waals surface area contributed by atoms with Crippen LogP contribution in [0.1, 0.15) is 5.69 Å². The van der Waals surface area contributed by atoms with Gasteiger partial charge in [-0.05, 0) is 0 Å². The van der Waals surface area contributed by atoms with Crippen molar-refractivity contribution in [2.75, 3.05) is 53.4 Å². The zero-order chi connectivity index (χ0) is 17.4. The van der Waals surface area contributed by atoms with Crippen molar-refractivity contribution in [3.63, 3.8) is 0 Å². The summed E-state index contributed by atoms with van der Waals surface area (Å²) in [6.45, 7) is 8.77. The number of nitrogens with one attached hydrogen (secondary N) is 1. The summed E-state index contributed by atoms with van der Waals surface area (Å²) in [6, 6.07) is 1.89. The minimum Gasteiger partial charge on any atom is -0.364 e. The van der Waals surface area contributed by atoms with E-state index in [1.54, 1.807) is 31.3 Å². The van der Waals surface area contributed by atoms with Gasteiger partial charge in [-0.15, -0.1) is 6.58 Å². The molecule has 1 N–H and O–H groups in total. The number of piperazine rings is 1. The molecular formula is C16H26N6O2. The van der Waals surface area contributed by atoms with Crippen LogP contribution in [0.15, 0.2) is 34.5 Å². The Hall–Kier alpha value is -2.35. The van der Waals surface area contributed by atoms with E-state index in [2.05, 4.69) is 31.8 Å². The number of guanidine groups is 1. The van der Waals surface area contributed by atoms with E-state index >= 15 is 0 Å². The standard InChI is InChI=1S/C16H26N6O2/c1-4-6-17-16(18-12-15(23)20(2)3)22-9-7-21(8-10-22)13-14-5-11-24-19-14/h4-5,11H,1,6-10,12-13H2,2-3H3,(H,17,18). The highest BCUT2D eigenvalue weighted by atomic mass is 16.5. The van der Waals surface area contributed by atoms with Gasteiger partial charge in [0, 0.05) is 59.4 Å². The fraction of sp³-hybridized carbons (Fsp3) is 0.562. The summed E-state index contributed by atoms with van der Waals surface area (Å²) in [7, 11) is 3.47. The molecule has 1 aromatic rings. The first-order valence-corrected chi connectivity index (χ1v) is 8.06. The van der Waals surface area contributed by atoms with Crippen molar-refractivity contribution < 1.29 is 9.32 Å². The Kier molecular flexibility index (Phi) is 6.80. The number of rotatable bonds is 6. The molecule has 2 heterocycles. The average Bonchev–Trinajstić information content (AvgIpc) is 3.08. The van der Waals surface area contributed by atoms with Crippen LogP contribution in [-0.4, -0.2) is 85.1 Å². The Labute approximate surface area is 142 Å². The maximum absolute atomic E-state index is 11.8. The fourth-order valence-electron chi connectivity index (χ4n) is 2.38. The quantitative estimate of drug-likeness (QED) is 0.449. The van der Waals surface area contributed by atoms with Crippen molar-refractivity contribution in [2.45, 2.75) is 6.54 Å². The molecule has 1 saturated heterocycles. The molecule has 2 rings (SSSR count). The Morgan fingerprint density at radius 1 is 1.46 bits per heavy atom. The van der Waals surface area contributed by atoms with Gasteiger partial charge in [0.25, 0.3) is 0 Å². The third kappa shape index (κ3) is 5.38. The van der Waals surface area contributed by atoms with Crippen LogP contribution in [0.4, 0.5) is 0 Å². The van der Waals surface area contributed by atoms with Crippen molar-refractivity contribution in [3.05, 3.63) is 30.7 Å². The summed E-state index contributed by atoms with van der Waals surface area (Å²) >= 11 is 0. The lowest BCUT2D eigenvalue weighted by Crippen LogP contribution is -2.52. The molecular weight excluding hydrogens is 308 g/mol. The average molecular weight is 334 g/mol. The highest BCUT2D eigenvalue weighted by molar-refractivity contribution is 5.85. The first-order valence-electron chi connectivity index (χ1n) is 8.06. The van der Waals surface area contributed by atoms with Gasteiger partial charge in [0.2, 0.25) is 5.91 Å². The number of nitrogens with zero attached hydrogens (tertiary/aromatic N) is 5. The summed E-state index contributed by atoms with van der Waals surface area (Å²) in [6.07, 6.45) is 3.38. The predicted octanol–water partition coefficient (Wildman–Crippen LogP) is 0.0120. The second-order valence-corrected chi connectivity index (χ2v) is 5.85. The SMILES string of the molecule is C=CCNC(=NCC(=O)N(C)C)N1CCN(Cc2ccon2)CC1. The highest BCUT2D eigenvalue weighted by Gasteiger charge is 2.20. The lowest BCUT2D eigenvalue weighted by atomic mass is 10.3. The number of hydrogen-bond acceptors (Lipinski definition) is 5. The lowest BCUT2D eigenvalue weighted by Gasteiger charge is -2.36.